The summed E-state index contributed by atoms with van der Waals surface area (Å²) in [7, 11) is -2.29. The van der Waals surface area contributed by atoms with Crippen LogP contribution in [0.4, 0.5) is 5.69 Å². The number of carbonyl (C=O) groups excluding carboxylic acids is 1. The van der Waals surface area contributed by atoms with E-state index in [1.807, 2.05) is 37.3 Å². The molecule has 0 aliphatic carbocycles. The highest BCUT2D eigenvalue weighted by atomic mass is 32.2. The Bertz CT molecular complexity index is 1130. The van der Waals surface area contributed by atoms with Crippen LogP contribution in [0.3, 0.4) is 0 Å². The highest BCUT2D eigenvalue weighted by Crippen LogP contribution is 2.23. The second kappa shape index (κ2) is 9.00. The third kappa shape index (κ3) is 4.99. The Balaban J connectivity index is 1.79. The van der Waals surface area contributed by atoms with Gasteiger partial charge in [-0.1, -0.05) is 36.4 Å². The van der Waals surface area contributed by atoms with Crippen molar-refractivity contribution in [3.05, 3.63) is 89.5 Å². The summed E-state index contributed by atoms with van der Waals surface area (Å²) >= 11 is 0. The Kier molecular flexibility index (Phi) is 6.42. The molecular weight excluding hydrogens is 400 g/mol. The van der Waals surface area contributed by atoms with Crippen LogP contribution in [0, 0.1) is 6.92 Å². The molecular formula is C23H24N2O4S. The van der Waals surface area contributed by atoms with Crippen molar-refractivity contribution in [2.45, 2.75) is 24.8 Å². The molecule has 6 nitrogen and oxygen atoms in total. The molecule has 1 unspecified atom stereocenters. The summed E-state index contributed by atoms with van der Waals surface area (Å²) in [6.07, 6.45) is 0. The fourth-order valence-electron chi connectivity index (χ4n) is 2.94. The lowest BCUT2D eigenvalue weighted by atomic mass is 10.1. The summed E-state index contributed by atoms with van der Waals surface area (Å²) in [4.78, 5) is 12.8. The zero-order chi connectivity index (χ0) is 21.7. The standard InChI is InChI=1S/C23H24N2O4S/c1-16-9-10-19(23(26)24-17(2)18-7-5-4-6-8-18)15-22(16)25-30(27,28)21-13-11-20(29-3)12-14-21/h4-15,17,25H,1-3H3,(H,24,26). The van der Waals surface area contributed by atoms with Gasteiger partial charge in [-0.15, -0.1) is 0 Å². The molecule has 3 aromatic carbocycles. The van der Waals surface area contributed by atoms with E-state index in [1.165, 1.54) is 19.2 Å². The van der Waals surface area contributed by atoms with E-state index in [0.29, 0.717) is 22.6 Å². The van der Waals surface area contributed by atoms with Crippen LogP contribution in [-0.4, -0.2) is 21.4 Å². The molecule has 0 heterocycles. The highest BCUT2D eigenvalue weighted by molar-refractivity contribution is 7.92. The molecule has 1 amide bonds. The lowest BCUT2D eigenvalue weighted by Gasteiger charge is -2.16. The number of hydrogen-bond acceptors (Lipinski definition) is 4. The lowest BCUT2D eigenvalue weighted by molar-refractivity contribution is 0.0940. The van der Waals surface area contributed by atoms with Gasteiger partial charge in [-0.3, -0.25) is 9.52 Å². The third-order valence-corrected chi connectivity index (χ3v) is 6.14. The number of anilines is 1. The average molecular weight is 425 g/mol. The maximum Gasteiger partial charge on any atom is 0.261 e. The summed E-state index contributed by atoms with van der Waals surface area (Å²) in [5.74, 6) is 0.285. The predicted molar refractivity (Wildman–Crippen MR) is 117 cm³/mol. The number of benzene rings is 3. The molecule has 0 saturated carbocycles. The van der Waals surface area contributed by atoms with Crippen molar-refractivity contribution in [1.82, 2.24) is 5.32 Å². The second-order valence-electron chi connectivity index (χ2n) is 6.92. The largest absolute Gasteiger partial charge is 0.497 e. The lowest BCUT2D eigenvalue weighted by Crippen LogP contribution is -2.26. The number of nitrogens with one attached hydrogen (secondary N) is 2. The number of amides is 1. The first-order chi connectivity index (χ1) is 14.3. The van der Waals surface area contributed by atoms with Crippen LogP contribution >= 0.6 is 0 Å². The van der Waals surface area contributed by atoms with E-state index in [2.05, 4.69) is 10.0 Å². The van der Waals surface area contributed by atoms with E-state index < -0.39 is 10.0 Å². The number of aryl methyl sites for hydroxylation is 1. The second-order valence-corrected chi connectivity index (χ2v) is 8.60. The van der Waals surface area contributed by atoms with Crippen LogP contribution in [0.1, 0.15) is 34.5 Å². The van der Waals surface area contributed by atoms with Gasteiger partial charge in [0.1, 0.15) is 5.75 Å². The maximum absolute atomic E-state index is 12.7. The molecule has 1 atom stereocenters. The quantitative estimate of drug-likeness (QED) is 0.592. The number of methoxy groups -OCH3 is 1. The SMILES string of the molecule is COc1ccc(S(=O)(=O)Nc2cc(C(=O)NC(C)c3ccccc3)ccc2C)cc1. The Hall–Kier alpha value is -3.32. The third-order valence-electron chi connectivity index (χ3n) is 4.76. The summed E-state index contributed by atoms with van der Waals surface area (Å²) in [6, 6.07) is 20.5. The predicted octanol–water partition coefficient (Wildman–Crippen LogP) is 4.30. The summed E-state index contributed by atoms with van der Waals surface area (Å²) in [5.41, 5.74) is 2.42. The minimum absolute atomic E-state index is 0.107. The van der Waals surface area contributed by atoms with E-state index in [4.69, 9.17) is 4.74 Å². The van der Waals surface area contributed by atoms with E-state index in [-0.39, 0.29) is 16.8 Å². The first-order valence-corrected chi connectivity index (χ1v) is 10.9. The first kappa shape index (κ1) is 21.4. The minimum atomic E-state index is -3.81. The molecule has 0 fully saturated rings. The fourth-order valence-corrected chi connectivity index (χ4v) is 4.06. The monoisotopic (exact) mass is 424 g/mol. The zero-order valence-electron chi connectivity index (χ0n) is 17.0. The molecule has 0 bridgehead atoms. The molecule has 156 valence electrons. The molecule has 0 spiro atoms. The molecule has 0 aliphatic rings. The molecule has 7 heteroatoms. The summed E-state index contributed by atoms with van der Waals surface area (Å²) in [6.45, 7) is 3.68. The average Bonchev–Trinajstić information content (AvgIpc) is 2.75. The summed E-state index contributed by atoms with van der Waals surface area (Å²) in [5, 5.41) is 2.94. The van der Waals surface area contributed by atoms with Crippen molar-refractivity contribution in [2.75, 3.05) is 11.8 Å². The normalized spacial score (nSPS) is 12.1. The van der Waals surface area contributed by atoms with E-state index in [0.717, 1.165) is 5.56 Å². The Morgan fingerprint density at radius 2 is 1.63 bits per heavy atom. The molecule has 0 aromatic heterocycles. The number of sulfonamides is 1. The van der Waals surface area contributed by atoms with Gasteiger partial charge in [-0.25, -0.2) is 8.42 Å². The first-order valence-electron chi connectivity index (χ1n) is 9.43. The van der Waals surface area contributed by atoms with Gasteiger partial charge in [-0.2, -0.15) is 0 Å². The van der Waals surface area contributed by atoms with Crippen LogP contribution in [0.5, 0.6) is 5.75 Å². The van der Waals surface area contributed by atoms with Crippen LogP contribution < -0.4 is 14.8 Å². The molecule has 0 radical (unpaired) electrons. The number of ether oxygens (including phenoxy) is 1. The minimum Gasteiger partial charge on any atom is -0.497 e. The van der Waals surface area contributed by atoms with Crippen LogP contribution in [-0.2, 0) is 10.0 Å². The number of hydrogen-bond donors (Lipinski definition) is 2. The van der Waals surface area contributed by atoms with Gasteiger partial charge in [0.2, 0.25) is 0 Å². The number of rotatable bonds is 7. The van der Waals surface area contributed by atoms with Gasteiger partial charge < -0.3 is 10.1 Å². The van der Waals surface area contributed by atoms with E-state index >= 15 is 0 Å². The smallest absolute Gasteiger partial charge is 0.261 e. The Morgan fingerprint density at radius 1 is 0.967 bits per heavy atom. The Labute approximate surface area is 177 Å². The van der Waals surface area contributed by atoms with Crippen molar-refractivity contribution in [3.8, 4) is 5.75 Å². The number of carbonyl (C=O) groups is 1. The van der Waals surface area contributed by atoms with Crippen LogP contribution in [0.2, 0.25) is 0 Å². The van der Waals surface area contributed by atoms with Crippen LogP contribution in [0.25, 0.3) is 0 Å². The molecule has 3 rings (SSSR count). The maximum atomic E-state index is 12.7. The van der Waals surface area contributed by atoms with Crippen molar-refractivity contribution in [2.24, 2.45) is 0 Å². The van der Waals surface area contributed by atoms with Gasteiger partial charge in [0, 0.05) is 5.56 Å². The highest BCUT2D eigenvalue weighted by Gasteiger charge is 2.18. The molecule has 0 aliphatic heterocycles. The van der Waals surface area contributed by atoms with Crippen molar-refractivity contribution >= 4 is 21.6 Å². The molecule has 2 N–H and O–H groups in total. The van der Waals surface area contributed by atoms with Gasteiger partial charge in [-0.05, 0) is 61.4 Å². The van der Waals surface area contributed by atoms with Crippen molar-refractivity contribution in [1.29, 1.82) is 0 Å². The van der Waals surface area contributed by atoms with Crippen molar-refractivity contribution in [3.63, 3.8) is 0 Å². The van der Waals surface area contributed by atoms with Gasteiger partial charge >= 0.3 is 0 Å². The Morgan fingerprint density at radius 3 is 2.27 bits per heavy atom. The van der Waals surface area contributed by atoms with E-state index in [1.54, 1.807) is 37.3 Å². The van der Waals surface area contributed by atoms with E-state index in [9.17, 15) is 13.2 Å². The zero-order valence-corrected chi connectivity index (χ0v) is 17.9. The molecule has 0 saturated heterocycles. The van der Waals surface area contributed by atoms with Gasteiger partial charge in [0.05, 0.1) is 23.7 Å². The topological polar surface area (TPSA) is 84.5 Å². The summed E-state index contributed by atoms with van der Waals surface area (Å²) < 4.78 is 33.1. The van der Waals surface area contributed by atoms with Gasteiger partial charge in [0.15, 0.2) is 0 Å². The van der Waals surface area contributed by atoms with Crippen molar-refractivity contribution < 1.29 is 17.9 Å². The van der Waals surface area contributed by atoms with Crippen LogP contribution in [0.15, 0.2) is 77.7 Å². The molecule has 30 heavy (non-hydrogen) atoms. The fraction of sp³-hybridized carbons (Fsp3) is 0.174. The molecule has 3 aromatic rings. The van der Waals surface area contributed by atoms with Gasteiger partial charge in [0.25, 0.3) is 15.9 Å².